The van der Waals surface area contributed by atoms with Gasteiger partial charge in [0.05, 0.1) is 11.4 Å². The first-order chi connectivity index (χ1) is 18.8. The lowest BCUT2D eigenvalue weighted by Crippen LogP contribution is -2.16. The predicted molar refractivity (Wildman–Crippen MR) is 153 cm³/mol. The summed E-state index contributed by atoms with van der Waals surface area (Å²) in [6.07, 6.45) is 7.25. The maximum absolute atomic E-state index is 6.57. The summed E-state index contributed by atoms with van der Waals surface area (Å²) in [7, 11) is 0. The van der Waals surface area contributed by atoms with E-state index in [2.05, 4.69) is 99.8 Å². The maximum atomic E-state index is 6.57. The highest BCUT2D eigenvalue weighted by Gasteiger charge is 2.27. The summed E-state index contributed by atoms with van der Waals surface area (Å²) in [6, 6.07) is 40.0. The highest BCUT2D eigenvalue weighted by molar-refractivity contribution is 5.89. The predicted octanol–water partition coefficient (Wildman–Crippen LogP) is 9.05. The van der Waals surface area contributed by atoms with Gasteiger partial charge < -0.3 is 9.64 Å². The van der Waals surface area contributed by atoms with E-state index in [0.29, 0.717) is 0 Å². The molecule has 0 atom stereocenters. The third-order valence-electron chi connectivity index (χ3n) is 6.88. The number of benzene rings is 4. The lowest BCUT2D eigenvalue weighted by molar-refractivity contribution is 0.477. The fraction of sp³-hybridized carbons (Fsp3) is 0. The Hall–Kier alpha value is -5.22. The number of fused-ring (bicyclic) bond motifs is 2. The molecule has 0 bridgehead atoms. The van der Waals surface area contributed by atoms with Crippen molar-refractivity contribution in [1.82, 2.24) is 9.97 Å². The van der Waals surface area contributed by atoms with E-state index in [1.54, 1.807) is 0 Å². The number of ether oxygens (including phenoxy) is 1. The topological polar surface area (TPSA) is 38.2 Å². The largest absolute Gasteiger partial charge is 0.453 e. The van der Waals surface area contributed by atoms with Gasteiger partial charge in [-0.25, -0.2) is 0 Å². The Bertz CT molecular complexity index is 1630. The molecule has 1 aliphatic rings. The minimum absolute atomic E-state index is 0.811. The maximum Gasteiger partial charge on any atom is 0.152 e. The van der Waals surface area contributed by atoms with E-state index in [4.69, 9.17) is 4.74 Å². The first-order valence-corrected chi connectivity index (χ1v) is 12.6. The van der Waals surface area contributed by atoms with Gasteiger partial charge in [0, 0.05) is 30.5 Å². The molecule has 38 heavy (non-hydrogen) atoms. The summed E-state index contributed by atoms with van der Waals surface area (Å²) < 4.78 is 6.57. The van der Waals surface area contributed by atoms with Crippen LogP contribution in [0.3, 0.4) is 0 Å². The molecule has 0 aliphatic carbocycles. The van der Waals surface area contributed by atoms with Crippen molar-refractivity contribution < 1.29 is 4.74 Å². The number of nitrogens with zero attached hydrogens (tertiary/aromatic N) is 3. The Morgan fingerprint density at radius 2 is 0.868 bits per heavy atom. The summed E-state index contributed by atoms with van der Waals surface area (Å²) >= 11 is 0. The molecule has 1 aliphatic heterocycles. The SMILES string of the molecule is c1ccc(-c2ccc(N3c4ccc(-c5ccncc5)cc4Oc4cc(-c5ccncc5)ccc43)cc2)cc1. The average molecular weight is 490 g/mol. The minimum Gasteiger partial charge on any atom is -0.453 e. The van der Waals surface area contributed by atoms with E-state index >= 15 is 0 Å². The summed E-state index contributed by atoms with van der Waals surface area (Å²) in [5.74, 6) is 1.62. The second kappa shape index (κ2) is 9.34. The van der Waals surface area contributed by atoms with Gasteiger partial charge in [0.25, 0.3) is 0 Å². The third-order valence-corrected chi connectivity index (χ3v) is 6.88. The van der Waals surface area contributed by atoms with Crippen molar-refractivity contribution in [3.8, 4) is 44.9 Å². The molecule has 0 spiro atoms. The number of hydrogen-bond donors (Lipinski definition) is 0. The molecule has 0 unspecified atom stereocenters. The van der Waals surface area contributed by atoms with Crippen molar-refractivity contribution in [3.63, 3.8) is 0 Å². The van der Waals surface area contributed by atoms with Crippen LogP contribution in [-0.2, 0) is 0 Å². The zero-order valence-electron chi connectivity index (χ0n) is 20.5. The van der Waals surface area contributed by atoms with Gasteiger partial charge in [-0.05, 0) is 94.0 Å². The van der Waals surface area contributed by atoms with E-state index in [9.17, 15) is 0 Å². The highest BCUT2D eigenvalue weighted by Crippen LogP contribution is 2.52. The van der Waals surface area contributed by atoms with Crippen LogP contribution in [-0.4, -0.2) is 9.97 Å². The lowest BCUT2D eigenvalue weighted by atomic mass is 10.0. The lowest BCUT2D eigenvalue weighted by Gasteiger charge is -2.33. The van der Waals surface area contributed by atoms with Crippen molar-refractivity contribution in [2.45, 2.75) is 0 Å². The fourth-order valence-corrected chi connectivity index (χ4v) is 4.97. The van der Waals surface area contributed by atoms with Crippen LogP contribution in [0.2, 0.25) is 0 Å². The molecule has 0 radical (unpaired) electrons. The van der Waals surface area contributed by atoms with Gasteiger partial charge >= 0.3 is 0 Å². The van der Waals surface area contributed by atoms with Gasteiger partial charge in [-0.2, -0.15) is 0 Å². The standard InChI is InChI=1S/C34H23N3O/c1-2-4-24(5-3-1)25-6-10-30(11-7-25)37-31-12-8-28(26-14-18-35-19-15-26)22-33(31)38-34-23-29(9-13-32(34)37)27-16-20-36-21-17-27/h1-23H. The molecule has 0 N–H and O–H groups in total. The molecule has 4 aromatic carbocycles. The van der Waals surface area contributed by atoms with Gasteiger partial charge in [0.2, 0.25) is 0 Å². The first kappa shape index (κ1) is 22.0. The number of rotatable bonds is 4. The molecular formula is C34H23N3O. The Balaban J connectivity index is 1.35. The molecule has 4 nitrogen and oxygen atoms in total. The van der Waals surface area contributed by atoms with Crippen LogP contribution >= 0.6 is 0 Å². The first-order valence-electron chi connectivity index (χ1n) is 12.6. The normalized spacial score (nSPS) is 11.8. The number of hydrogen-bond acceptors (Lipinski definition) is 4. The van der Waals surface area contributed by atoms with Crippen LogP contribution in [0.15, 0.2) is 140 Å². The van der Waals surface area contributed by atoms with E-state index in [1.165, 1.54) is 11.1 Å². The summed E-state index contributed by atoms with van der Waals surface area (Å²) in [5, 5.41) is 0. The third kappa shape index (κ3) is 3.98. The minimum atomic E-state index is 0.811. The zero-order chi connectivity index (χ0) is 25.3. The van der Waals surface area contributed by atoms with Crippen molar-refractivity contribution in [2.24, 2.45) is 0 Å². The van der Waals surface area contributed by atoms with E-state index in [0.717, 1.165) is 50.8 Å². The number of pyridine rings is 2. The monoisotopic (exact) mass is 489 g/mol. The van der Waals surface area contributed by atoms with Crippen molar-refractivity contribution >= 4 is 17.1 Å². The summed E-state index contributed by atoms with van der Waals surface area (Å²) in [5.41, 5.74) is 9.82. The van der Waals surface area contributed by atoms with E-state index < -0.39 is 0 Å². The van der Waals surface area contributed by atoms with E-state index in [-0.39, 0.29) is 0 Å². The van der Waals surface area contributed by atoms with Crippen LogP contribution in [0.25, 0.3) is 33.4 Å². The molecule has 180 valence electrons. The summed E-state index contributed by atoms with van der Waals surface area (Å²) in [6.45, 7) is 0. The smallest absolute Gasteiger partial charge is 0.152 e. The van der Waals surface area contributed by atoms with Crippen molar-refractivity contribution in [3.05, 3.63) is 140 Å². The van der Waals surface area contributed by atoms with E-state index in [1.807, 2.05) is 55.1 Å². The molecule has 0 amide bonds. The molecule has 0 fully saturated rings. The zero-order valence-corrected chi connectivity index (χ0v) is 20.5. The van der Waals surface area contributed by atoms with Crippen LogP contribution in [0.5, 0.6) is 11.5 Å². The van der Waals surface area contributed by atoms with Crippen LogP contribution < -0.4 is 9.64 Å². The fourth-order valence-electron chi connectivity index (χ4n) is 4.97. The van der Waals surface area contributed by atoms with Gasteiger partial charge in [-0.3, -0.25) is 9.97 Å². The molecule has 0 saturated heterocycles. The van der Waals surface area contributed by atoms with Crippen LogP contribution in [0, 0.1) is 0 Å². The van der Waals surface area contributed by atoms with Gasteiger partial charge in [-0.15, -0.1) is 0 Å². The molecule has 3 heterocycles. The average Bonchev–Trinajstić information content (AvgIpc) is 3.01. The van der Waals surface area contributed by atoms with Gasteiger partial charge in [-0.1, -0.05) is 54.6 Å². The Morgan fingerprint density at radius 3 is 1.39 bits per heavy atom. The number of anilines is 3. The molecule has 7 rings (SSSR count). The second-order valence-electron chi connectivity index (χ2n) is 9.19. The Labute approximate surface area is 221 Å². The summed E-state index contributed by atoms with van der Waals surface area (Å²) in [4.78, 5) is 10.6. The van der Waals surface area contributed by atoms with Crippen LogP contribution in [0.1, 0.15) is 0 Å². The quantitative estimate of drug-likeness (QED) is 0.247. The number of aromatic nitrogens is 2. The Morgan fingerprint density at radius 1 is 0.421 bits per heavy atom. The van der Waals surface area contributed by atoms with Gasteiger partial charge in [0.15, 0.2) is 11.5 Å². The molecule has 4 heteroatoms. The molecule has 6 aromatic rings. The molecule has 0 saturated carbocycles. The highest BCUT2D eigenvalue weighted by atomic mass is 16.5. The van der Waals surface area contributed by atoms with Gasteiger partial charge in [0.1, 0.15) is 0 Å². The Kier molecular flexibility index (Phi) is 5.41. The molecule has 2 aromatic heterocycles. The van der Waals surface area contributed by atoms with Crippen LogP contribution in [0.4, 0.5) is 17.1 Å². The second-order valence-corrected chi connectivity index (χ2v) is 9.19. The van der Waals surface area contributed by atoms with Crippen molar-refractivity contribution in [1.29, 1.82) is 0 Å². The molecular weight excluding hydrogens is 466 g/mol. The van der Waals surface area contributed by atoms with Crippen molar-refractivity contribution in [2.75, 3.05) is 4.90 Å².